The zero-order chi connectivity index (χ0) is 16.2. The highest BCUT2D eigenvalue weighted by Crippen LogP contribution is 2.19. The summed E-state index contributed by atoms with van der Waals surface area (Å²) >= 11 is 0. The van der Waals surface area contributed by atoms with Crippen LogP contribution in [-0.2, 0) is 17.8 Å². The van der Waals surface area contributed by atoms with Crippen molar-refractivity contribution in [2.45, 2.75) is 19.9 Å². The molecule has 6 nitrogen and oxygen atoms in total. The molecule has 0 N–H and O–H groups in total. The van der Waals surface area contributed by atoms with Crippen molar-refractivity contribution in [3.8, 4) is 11.3 Å². The second-order valence-electron chi connectivity index (χ2n) is 5.41. The quantitative estimate of drug-likeness (QED) is 0.724. The minimum Gasteiger partial charge on any atom is -0.361 e. The minimum absolute atomic E-state index is 0.0705. The molecule has 2 heterocycles. The van der Waals surface area contributed by atoms with E-state index in [0.717, 1.165) is 17.0 Å². The van der Waals surface area contributed by atoms with Gasteiger partial charge >= 0.3 is 0 Å². The van der Waals surface area contributed by atoms with Crippen LogP contribution in [0.3, 0.4) is 0 Å². The lowest BCUT2D eigenvalue weighted by Gasteiger charge is -2.13. The van der Waals surface area contributed by atoms with Crippen molar-refractivity contribution in [2.24, 2.45) is 0 Å². The van der Waals surface area contributed by atoms with E-state index in [9.17, 15) is 4.79 Å². The number of carbonyl (C=O) groups is 1. The van der Waals surface area contributed by atoms with E-state index in [1.54, 1.807) is 18.0 Å². The van der Waals surface area contributed by atoms with Gasteiger partial charge in [-0.2, -0.15) is 0 Å². The second-order valence-corrected chi connectivity index (χ2v) is 5.41. The van der Waals surface area contributed by atoms with E-state index in [1.165, 1.54) is 0 Å². The van der Waals surface area contributed by atoms with Crippen LogP contribution < -0.4 is 0 Å². The average molecular weight is 311 g/mol. The first-order chi connectivity index (χ1) is 11.1. The largest absolute Gasteiger partial charge is 0.361 e. The molecule has 118 valence electrons. The molecule has 0 bridgehead atoms. The van der Waals surface area contributed by atoms with Gasteiger partial charge in [0.1, 0.15) is 11.5 Å². The Morgan fingerprint density at radius 1 is 1.09 bits per heavy atom. The summed E-state index contributed by atoms with van der Waals surface area (Å²) in [7, 11) is 1.72. The highest BCUT2D eigenvalue weighted by molar-refractivity contribution is 5.77. The molecular weight excluding hydrogens is 294 g/mol. The summed E-state index contributed by atoms with van der Waals surface area (Å²) in [6.07, 6.45) is 0.178. The van der Waals surface area contributed by atoms with Crippen LogP contribution in [0.25, 0.3) is 11.3 Å². The van der Waals surface area contributed by atoms with Crippen molar-refractivity contribution in [2.75, 3.05) is 7.05 Å². The second kappa shape index (κ2) is 6.48. The van der Waals surface area contributed by atoms with Crippen LogP contribution >= 0.6 is 0 Å². The van der Waals surface area contributed by atoms with Gasteiger partial charge in [-0.15, -0.1) is 0 Å². The predicted molar refractivity (Wildman–Crippen MR) is 83.4 cm³/mol. The maximum Gasteiger partial charge on any atom is 0.230 e. The van der Waals surface area contributed by atoms with Crippen molar-refractivity contribution < 1.29 is 13.8 Å². The fourth-order valence-corrected chi connectivity index (χ4v) is 2.24. The number of carbonyl (C=O) groups excluding carboxylic acids is 1. The number of benzene rings is 1. The highest BCUT2D eigenvalue weighted by atomic mass is 16.5. The van der Waals surface area contributed by atoms with Gasteiger partial charge in [0.25, 0.3) is 0 Å². The zero-order valence-corrected chi connectivity index (χ0v) is 13.0. The number of hydrogen-bond donors (Lipinski definition) is 0. The maximum absolute atomic E-state index is 12.2. The van der Waals surface area contributed by atoms with Crippen molar-refractivity contribution in [3.63, 3.8) is 0 Å². The monoisotopic (exact) mass is 311 g/mol. The van der Waals surface area contributed by atoms with Crippen LogP contribution in [0.4, 0.5) is 0 Å². The molecule has 3 rings (SSSR count). The fraction of sp³-hybridized carbons (Fsp3) is 0.235. The lowest BCUT2D eigenvalue weighted by atomic mass is 10.1. The van der Waals surface area contributed by atoms with Crippen LogP contribution in [0.1, 0.15) is 17.2 Å². The fourth-order valence-electron chi connectivity index (χ4n) is 2.24. The van der Waals surface area contributed by atoms with E-state index in [4.69, 9.17) is 9.05 Å². The first-order valence-corrected chi connectivity index (χ1v) is 7.29. The third-order valence-electron chi connectivity index (χ3n) is 3.45. The molecule has 1 amide bonds. The lowest BCUT2D eigenvalue weighted by molar-refractivity contribution is -0.130. The van der Waals surface area contributed by atoms with Gasteiger partial charge in [-0.05, 0) is 6.92 Å². The Balaban J connectivity index is 1.62. The van der Waals surface area contributed by atoms with E-state index >= 15 is 0 Å². The summed E-state index contributed by atoms with van der Waals surface area (Å²) in [5.41, 5.74) is 2.50. The Hall–Kier alpha value is -2.89. The molecular formula is C17H17N3O3. The Kier molecular flexibility index (Phi) is 4.23. The van der Waals surface area contributed by atoms with E-state index in [0.29, 0.717) is 18.1 Å². The molecule has 0 unspecified atom stereocenters. The Morgan fingerprint density at radius 2 is 1.83 bits per heavy atom. The van der Waals surface area contributed by atoms with Crippen LogP contribution in [0.15, 0.2) is 51.5 Å². The van der Waals surface area contributed by atoms with Crippen molar-refractivity contribution in [3.05, 3.63) is 59.7 Å². The molecule has 0 fully saturated rings. The first kappa shape index (κ1) is 15.0. The molecule has 23 heavy (non-hydrogen) atoms. The molecule has 2 aromatic heterocycles. The molecule has 0 aliphatic heterocycles. The highest BCUT2D eigenvalue weighted by Gasteiger charge is 2.15. The van der Waals surface area contributed by atoms with Crippen molar-refractivity contribution in [1.82, 2.24) is 15.2 Å². The number of likely N-dealkylation sites (N-methyl/N-ethyl adjacent to an activating group) is 1. The molecule has 0 saturated carbocycles. The summed E-state index contributed by atoms with van der Waals surface area (Å²) in [4.78, 5) is 13.8. The Labute approximate surface area is 133 Å². The number of hydrogen-bond acceptors (Lipinski definition) is 5. The molecule has 0 saturated heterocycles. The van der Waals surface area contributed by atoms with Gasteiger partial charge in [0.2, 0.25) is 5.91 Å². The average Bonchev–Trinajstić information content (AvgIpc) is 3.17. The summed E-state index contributed by atoms with van der Waals surface area (Å²) in [5.74, 6) is 1.12. The number of rotatable bonds is 5. The van der Waals surface area contributed by atoms with Gasteiger partial charge in [0.05, 0.1) is 18.7 Å². The molecule has 0 aliphatic rings. The van der Waals surface area contributed by atoms with Gasteiger partial charge < -0.3 is 13.9 Å². The molecule has 6 heteroatoms. The van der Waals surface area contributed by atoms with Gasteiger partial charge in [0.15, 0.2) is 5.76 Å². The summed E-state index contributed by atoms with van der Waals surface area (Å²) in [6, 6.07) is 13.4. The van der Waals surface area contributed by atoms with Crippen LogP contribution in [0, 0.1) is 6.92 Å². The summed E-state index contributed by atoms with van der Waals surface area (Å²) in [6.45, 7) is 2.17. The van der Waals surface area contributed by atoms with Gasteiger partial charge in [0, 0.05) is 24.7 Å². The van der Waals surface area contributed by atoms with Crippen molar-refractivity contribution in [1.29, 1.82) is 0 Å². The molecule has 0 radical (unpaired) electrons. The normalized spacial score (nSPS) is 10.7. The number of amides is 1. The smallest absolute Gasteiger partial charge is 0.230 e. The molecule has 0 spiro atoms. The number of nitrogens with zero attached hydrogens (tertiary/aromatic N) is 3. The van der Waals surface area contributed by atoms with E-state index in [2.05, 4.69) is 10.3 Å². The summed E-state index contributed by atoms with van der Waals surface area (Å²) in [5, 5.41) is 7.82. The first-order valence-electron chi connectivity index (χ1n) is 7.29. The Bertz CT molecular complexity index is 792. The number of aryl methyl sites for hydroxylation is 1. The zero-order valence-electron chi connectivity index (χ0n) is 13.0. The summed E-state index contributed by atoms with van der Waals surface area (Å²) < 4.78 is 10.4. The standard InChI is InChI=1S/C17H17N3O3/c1-12-8-14(22-18-12)10-17(21)20(2)11-15-9-16(19-23-15)13-6-4-3-5-7-13/h3-9H,10-11H2,1-2H3. The Morgan fingerprint density at radius 3 is 2.52 bits per heavy atom. The maximum atomic E-state index is 12.2. The third kappa shape index (κ3) is 3.66. The predicted octanol–water partition coefficient (Wildman–Crippen LogP) is 2.84. The molecule has 0 atom stereocenters. The van der Waals surface area contributed by atoms with Gasteiger partial charge in [-0.1, -0.05) is 40.6 Å². The van der Waals surface area contributed by atoms with E-state index < -0.39 is 0 Å². The third-order valence-corrected chi connectivity index (χ3v) is 3.45. The van der Waals surface area contributed by atoms with Gasteiger partial charge in [-0.3, -0.25) is 4.79 Å². The minimum atomic E-state index is -0.0705. The lowest BCUT2D eigenvalue weighted by Crippen LogP contribution is -2.27. The topological polar surface area (TPSA) is 72.4 Å². The van der Waals surface area contributed by atoms with Crippen LogP contribution in [0.5, 0.6) is 0 Å². The molecule has 0 aliphatic carbocycles. The van der Waals surface area contributed by atoms with E-state index in [1.807, 2.05) is 43.3 Å². The van der Waals surface area contributed by atoms with Gasteiger partial charge in [-0.25, -0.2) is 0 Å². The van der Waals surface area contributed by atoms with E-state index in [-0.39, 0.29) is 12.3 Å². The number of aromatic nitrogens is 2. The SMILES string of the molecule is Cc1cc(CC(=O)N(C)Cc2cc(-c3ccccc3)no2)on1. The molecule has 1 aromatic carbocycles. The molecule has 3 aromatic rings. The van der Waals surface area contributed by atoms with Crippen molar-refractivity contribution >= 4 is 5.91 Å². The van der Waals surface area contributed by atoms with Crippen LogP contribution in [-0.4, -0.2) is 28.2 Å². The van der Waals surface area contributed by atoms with Crippen LogP contribution in [0.2, 0.25) is 0 Å².